The summed E-state index contributed by atoms with van der Waals surface area (Å²) in [5.74, 6) is -0.606. The lowest BCUT2D eigenvalue weighted by Gasteiger charge is -2.47. The van der Waals surface area contributed by atoms with Gasteiger partial charge in [-0.05, 0) is 24.5 Å². The van der Waals surface area contributed by atoms with Crippen LogP contribution in [0.25, 0.3) is 0 Å². The molecule has 0 saturated carbocycles. The van der Waals surface area contributed by atoms with E-state index >= 15 is 0 Å². The van der Waals surface area contributed by atoms with Crippen molar-refractivity contribution in [3.05, 3.63) is 75.3 Å². The lowest BCUT2D eigenvalue weighted by atomic mass is 9.60. The number of Topliss-reactive ketones (excluding diaryl/α,β-unsaturated/α-hetero) is 1. The Morgan fingerprint density at radius 1 is 1.20 bits per heavy atom. The van der Waals surface area contributed by atoms with Crippen molar-refractivity contribution in [2.24, 2.45) is 5.41 Å². The second kappa shape index (κ2) is 5.67. The topological polar surface area (TPSA) is 89.7 Å². The van der Waals surface area contributed by atoms with Crippen LogP contribution in [-0.4, -0.2) is 28.6 Å². The number of ether oxygens (including phenoxy) is 1. The van der Waals surface area contributed by atoms with Gasteiger partial charge in [-0.25, -0.2) is 0 Å². The van der Waals surface area contributed by atoms with Gasteiger partial charge in [0.05, 0.1) is 5.92 Å². The van der Waals surface area contributed by atoms with Crippen molar-refractivity contribution in [2.75, 3.05) is 6.54 Å². The molecule has 1 heterocycles. The summed E-state index contributed by atoms with van der Waals surface area (Å²) >= 11 is 0. The highest BCUT2D eigenvalue weighted by Crippen LogP contribution is 2.53. The van der Waals surface area contributed by atoms with Crippen LogP contribution in [0.2, 0.25) is 0 Å². The van der Waals surface area contributed by atoms with E-state index in [1.54, 1.807) is 36.4 Å². The van der Waals surface area contributed by atoms with Crippen LogP contribution in [0.4, 0.5) is 0 Å². The van der Waals surface area contributed by atoms with E-state index in [1.807, 2.05) is 12.1 Å². The summed E-state index contributed by atoms with van der Waals surface area (Å²) in [6, 6.07) is 14.1. The van der Waals surface area contributed by atoms with Gasteiger partial charge in [0.15, 0.2) is 5.78 Å². The second-order valence-corrected chi connectivity index (χ2v) is 6.60. The van der Waals surface area contributed by atoms with Crippen molar-refractivity contribution in [2.45, 2.75) is 25.0 Å². The SMILES string of the molecule is O=C1c2ccccc2CC[C@]12C(O)Oc1ccccc1[C@@H]2C[N+](=O)[O-]. The standard InChI is InChI=1S/C19H17NO5/c21-17-13-6-2-1-5-12(13)9-10-19(17)15(11-20(23)24)14-7-3-4-8-16(14)25-18(19)22/h1-8,15,18,22H,9-11H2/t15-,18?,19+/m0/s1. The van der Waals surface area contributed by atoms with E-state index in [0.717, 1.165) is 5.56 Å². The predicted molar refractivity (Wildman–Crippen MR) is 89.2 cm³/mol. The molecule has 0 bridgehead atoms. The molecule has 1 N–H and O–H groups in total. The normalized spacial score (nSPS) is 27.3. The van der Waals surface area contributed by atoms with E-state index in [0.29, 0.717) is 29.7 Å². The van der Waals surface area contributed by atoms with E-state index in [1.165, 1.54) is 0 Å². The van der Waals surface area contributed by atoms with E-state index in [9.17, 15) is 20.0 Å². The molecule has 0 aromatic heterocycles. The third-order valence-electron chi connectivity index (χ3n) is 5.42. The van der Waals surface area contributed by atoms with Gasteiger partial charge < -0.3 is 9.84 Å². The van der Waals surface area contributed by atoms with Crippen molar-refractivity contribution in [3.63, 3.8) is 0 Å². The maximum atomic E-state index is 13.3. The Kier molecular flexibility index (Phi) is 3.58. The number of aliphatic hydroxyl groups excluding tert-OH is 1. The molecule has 6 nitrogen and oxygen atoms in total. The van der Waals surface area contributed by atoms with Gasteiger partial charge in [-0.15, -0.1) is 0 Å². The molecule has 0 fully saturated rings. The number of aryl methyl sites for hydroxylation is 1. The summed E-state index contributed by atoms with van der Waals surface area (Å²) in [4.78, 5) is 24.3. The quantitative estimate of drug-likeness (QED) is 0.671. The lowest BCUT2D eigenvalue weighted by molar-refractivity contribution is -0.487. The van der Waals surface area contributed by atoms with Gasteiger partial charge in [-0.1, -0.05) is 42.5 Å². The van der Waals surface area contributed by atoms with Crippen LogP contribution in [0.15, 0.2) is 48.5 Å². The highest BCUT2D eigenvalue weighted by atomic mass is 16.6. The number of para-hydroxylation sites is 1. The number of rotatable bonds is 2. The number of nitro groups is 1. The monoisotopic (exact) mass is 339 g/mol. The average Bonchev–Trinajstić information content (AvgIpc) is 2.61. The first-order valence-corrected chi connectivity index (χ1v) is 8.22. The summed E-state index contributed by atoms with van der Waals surface area (Å²) in [6.45, 7) is -0.425. The number of aliphatic hydroxyl groups is 1. The molecule has 1 unspecified atom stereocenters. The fraction of sp³-hybridized carbons (Fsp3) is 0.316. The zero-order valence-electron chi connectivity index (χ0n) is 13.4. The van der Waals surface area contributed by atoms with Crippen LogP contribution in [0, 0.1) is 15.5 Å². The highest BCUT2D eigenvalue weighted by Gasteiger charge is 2.59. The summed E-state index contributed by atoms with van der Waals surface area (Å²) in [5.41, 5.74) is 0.695. The smallest absolute Gasteiger partial charge is 0.212 e. The van der Waals surface area contributed by atoms with Crippen LogP contribution in [-0.2, 0) is 6.42 Å². The Morgan fingerprint density at radius 2 is 1.92 bits per heavy atom. The Morgan fingerprint density at radius 3 is 2.72 bits per heavy atom. The summed E-state index contributed by atoms with van der Waals surface area (Å²) in [7, 11) is 0. The lowest BCUT2D eigenvalue weighted by Crippen LogP contribution is -2.55. The second-order valence-electron chi connectivity index (χ2n) is 6.60. The average molecular weight is 339 g/mol. The molecule has 25 heavy (non-hydrogen) atoms. The van der Waals surface area contributed by atoms with Gasteiger partial charge in [-0.2, -0.15) is 0 Å². The predicted octanol–water partition coefficient (Wildman–Crippen LogP) is 2.57. The maximum Gasteiger partial charge on any atom is 0.212 e. The third-order valence-corrected chi connectivity index (χ3v) is 5.42. The molecule has 1 aliphatic carbocycles. The number of benzene rings is 2. The molecule has 6 heteroatoms. The molecule has 3 atom stereocenters. The molecule has 2 aliphatic rings. The Labute approximate surface area is 144 Å². The number of ketones is 1. The van der Waals surface area contributed by atoms with E-state index in [2.05, 4.69) is 0 Å². The van der Waals surface area contributed by atoms with Gasteiger partial charge in [0, 0.05) is 16.1 Å². The minimum absolute atomic E-state index is 0.275. The van der Waals surface area contributed by atoms with E-state index in [4.69, 9.17) is 4.74 Å². The first kappa shape index (κ1) is 15.8. The maximum absolute atomic E-state index is 13.3. The summed E-state index contributed by atoms with van der Waals surface area (Å²) in [5, 5.41) is 22.1. The van der Waals surface area contributed by atoms with Crippen LogP contribution in [0.1, 0.15) is 33.8 Å². The van der Waals surface area contributed by atoms with Crippen molar-refractivity contribution in [1.82, 2.24) is 0 Å². The largest absolute Gasteiger partial charge is 0.464 e. The number of hydrogen-bond donors (Lipinski definition) is 1. The number of hydrogen-bond acceptors (Lipinski definition) is 5. The Balaban J connectivity index is 1.90. The minimum atomic E-state index is -1.41. The Hall–Kier alpha value is -2.73. The van der Waals surface area contributed by atoms with E-state index in [-0.39, 0.29) is 5.78 Å². The zero-order valence-corrected chi connectivity index (χ0v) is 13.4. The third kappa shape index (κ3) is 2.25. The number of fused-ring (bicyclic) bond motifs is 2. The van der Waals surface area contributed by atoms with Crippen molar-refractivity contribution in [3.8, 4) is 5.75 Å². The zero-order chi connectivity index (χ0) is 17.6. The van der Waals surface area contributed by atoms with Crippen LogP contribution in [0.3, 0.4) is 0 Å². The Bertz CT molecular complexity index is 864. The van der Waals surface area contributed by atoms with Gasteiger partial charge >= 0.3 is 0 Å². The molecule has 4 rings (SSSR count). The van der Waals surface area contributed by atoms with Gasteiger partial charge in [0.1, 0.15) is 11.2 Å². The summed E-state index contributed by atoms with van der Waals surface area (Å²) < 4.78 is 5.63. The van der Waals surface area contributed by atoms with Crippen LogP contribution in [0.5, 0.6) is 5.75 Å². The van der Waals surface area contributed by atoms with Gasteiger partial charge in [-0.3, -0.25) is 14.9 Å². The summed E-state index contributed by atoms with van der Waals surface area (Å²) in [6.07, 6.45) is -0.525. The first-order valence-electron chi connectivity index (χ1n) is 8.22. The minimum Gasteiger partial charge on any atom is -0.464 e. The number of nitrogens with zero attached hydrogens (tertiary/aromatic N) is 1. The fourth-order valence-electron chi connectivity index (χ4n) is 4.19. The molecule has 1 spiro atoms. The molecule has 2 aromatic rings. The number of carbonyl (C=O) groups is 1. The van der Waals surface area contributed by atoms with Crippen molar-refractivity contribution >= 4 is 5.78 Å². The van der Waals surface area contributed by atoms with E-state index < -0.39 is 29.1 Å². The molecule has 0 amide bonds. The van der Waals surface area contributed by atoms with Crippen molar-refractivity contribution < 1.29 is 19.6 Å². The van der Waals surface area contributed by atoms with Crippen LogP contribution >= 0.6 is 0 Å². The molecule has 128 valence electrons. The van der Waals surface area contributed by atoms with Crippen LogP contribution < -0.4 is 4.74 Å². The highest BCUT2D eigenvalue weighted by molar-refractivity contribution is 6.04. The molecule has 0 radical (unpaired) electrons. The first-order chi connectivity index (χ1) is 12.0. The molecule has 2 aromatic carbocycles. The molecular formula is C19H17NO5. The molecular weight excluding hydrogens is 322 g/mol. The van der Waals surface area contributed by atoms with Crippen molar-refractivity contribution in [1.29, 1.82) is 0 Å². The van der Waals surface area contributed by atoms with Gasteiger partial charge in [0.2, 0.25) is 12.8 Å². The fourth-order valence-corrected chi connectivity index (χ4v) is 4.19. The molecule has 1 aliphatic heterocycles. The molecule has 0 saturated heterocycles. The number of carbonyl (C=O) groups excluding carboxylic acids is 1. The van der Waals surface area contributed by atoms with Gasteiger partial charge in [0.25, 0.3) is 0 Å².